The minimum Gasteiger partial charge on any atom is -0.375 e. The monoisotopic (exact) mass is 325 g/mol. The number of ether oxygens (including phenoxy) is 1. The Hall–Kier alpha value is -0.420. The molecule has 0 aromatic heterocycles. The third kappa shape index (κ3) is 6.35. The molecule has 1 aromatic rings. The quantitative estimate of drug-likeness (QED) is 0.664. The number of halogens is 4. The second-order valence-corrected chi connectivity index (χ2v) is 5.27. The van der Waals surface area contributed by atoms with Gasteiger partial charge in [0.25, 0.3) is 6.43 Å². The Morgan fingerprint density at radius 3 is 2.70 bits per heavy atom. The van der Waals surface area contributed by atoms with E-state index >= 15 is 0 Å². The van der Waals surface area contributed by atoms with Crippen molar-refractivity contribution in [3.63, 3.8) is 0 Å². The predicted octanol–water partition coefficient (Wildman–Crippen LogP) is 4.71. The molecule has 1 atom stereocenters. The zero-order chi connectivity index (χ0) is 15.0. The minimum atomic E-state index is -2.44. The third-order valence-corrected chi connectivity index (χ3v) is 3.35. The molecule has 114 valence electrons. The van der Waals surface area contributed by atoms with Crippen molar-refractivity contribution in [3.8, 4) is 0 Å². The van der Waals surface area contributed by atoms with E-state index in [0.717, 1.165) is 18.5 Å². The first-order chi connectivity index (χ1) is 9.54. The van der Waals surface area contributed by atoms with Crippen LogP contribution in [0.3, 0.4) is 0 Å². The third-order valence-electron chi connectivity index (χ3n) is 2.77. The van der Waals surface area contributed by atoms with E-state index in [1.54, 1.807) is 18.2 Å². The van der Waals surface area contributed by atoms with Crippen molar-refractivity contribution >= 4 is 23.2 Å². The zero-order valence-corrected chi connectivity index (χ0v) is 12.9. The van der Waals surface area contributed by atoms with Crippen LogP contribution in [0.2, 0.25) is 10.0 Å². The lowest BCUT2D eigenvalue weighted by atomic mass is 10.0. The van der Waals surface area contributed by atoms with E-state index in [4.69, 9.17) is 27.9 Å². The van der Waals surface area contributed by atoms with E-state index in [-0.39, 0.29) is 12.6 Å². The highest BCUT2D eigenvalue weighted by molar-refractivity contribution is 6.33. The van der Waals surface area contributed by atoms with Gasteiger partial charge in [0.05, 0.1) is 0 Å². The van der Waals surface area contributed by atoms with Gasteiger partial charge in [-0.2, -0.15) is 0 Å². The highest BCUT2D eigenvalue weighted by Crippen LogP contribution is 2.28. The Balaban J connectivity index is 2.65. The average molecular weight is 326 g/mol. The molecule has 0 heterocycles. The molecule has 20 heavy (non-hydrogen) atoms. The fourth-order valence-corrected chi connectivity index (χ4v) is 2.27. The second kappa shape index (κ2) is 9.50. The SMILES string of the molecule is CCCNC(CCOCC(F)F)c1cc(Cl)ccc1Cl. The van der Waals surface area contributed by atoms with Crippen LogP contribution < -0.4 is 5.32 Å². The summed E-state index contributed by atoms with van der Waals surface area (Å²) in [7, 11) is 0. The Morgan fingerprint density at radius 1 is 1.30 bits per heavy atom. The van der Waals surface area contributed by atoms with Gasteiger partial charge in [0.15, 0.2) is 0 Å². The van der Waals surface area contributed by atoms with E-state index in [1.165, 1.54) is 0 Å². The molecule has 0 aliphatic carbocycles. The smallest absolute Gasteiger partial charge is 0.261 e. The minimum absolute atomic E-state index is 0.0566. The molecule has 2 nitrogen and oxygen atoms in total. The number of rotatable bonds is 9. The summed E-state index contributed by atoms with van der Waals surface area (Å²) < 4.78 is 29.0. The maximum absolute atomic E-state index is 12.0. The maximum atomic E-state index is 12.0. The number of benzene rings is 1. The summed E-state index contributed by atoms with van der Waals surface area (Å²) in [5.74, 6) is 0. The van der Waals surface area contributed by atoms with Crippen LogP contribution in [-0.4, -0.2) is 26.2 Å². The van der Waals surface area contributed by atoms with Gasteiger partial charge in [0.1, 0.15) is 6.61 Å². The van der Waals surface area contributed by atoms with Gasteiger partial charge in [0, 0.05) is 22.7 Å². The molecule has 1 rings (SSSR count). The van der Waals surface area contributed by atoms with E-state index < -0.39 is 13.0 Å². The maximum Gasteiger partial charge on any atom is 0.261 e. The fourth-order valence-electron chi connectivity index (χ4n) is 1.84. The van der Waals surface area contributed by atoms with Gasteiger partial charge in [-0.3, -0.25) is 0 Å². The van der Waals surface area contributed by atoms with Gasteiger partial charge in [0.2, 0.25) is 0 Å². The molecular formula is C14H19Cl2F2NO. The molecule has 6 heteroatoms. The first kappa shape index (κ1) is 17.6. The first-order valence-electron chi connectivity index (χ1n) is 6.58. The molecule has 1 unspecified atom stereocenters. The lowest BCUT2D eigenvalue weighted by Gasteiger charge is -2.20. The van der Waals surface area contributed by atoms with Gasteiger partial charge < -0.3 is 10.1 Å². The molecular weight excluding hydrogens is 307 g/mol. The molecule has 0 aliphatic heterocycles. The number of alkyl halides is 2. The Labute approximate surface area is 128 Å². The van der Waals surface area contributed by atoms with Gasteiger partial charge in [-0.1, -0.05) is 30.1 Å². The van der Waals surface area contributed by atoms with E-state index in [2.05, 4.69) is 12.2 Å². The van der Waals surface area contributed by atoms with E-state index in [0.29, 0.717) is 16.5 Å². The molecule has 1 aromatic carbocycles. The Kier molecular flexibility index (Phi) is 8.38. The van der Waals surface area contributed by atoms with Crippen LogP contribution in [0, 0.1) is 0 Å². The van der Waals surface area contributed by atoms with Crippen molar-refractivity contribution in [2.75, 3.05) is 19.8 Å². The summed E-state index contributed by atoms with van der Waals surface area (Å²) in [4.78, 5) is 0. The molecule has 0 saturated heterocycles. The molecule has 0 aliphatic rings. The molecule has 0 fully saturated rings. The summed E-state index contributed by atoms with van der Waals surface area (Å²) in [5.41, 5.74) is 0.869. The van der Waals surface area contributed by atoms with Gasteiger partial charge in [-0.25, -0.2) is 8.78 Å². The fraction of sp³-hybridized carbons (Fsp3) is 0.571. The summed E-state index contributed by atoms with van der Waals surface area (Å²) in [6.45, 7) is 2.57. The largest absolute Gasteiger partial charge is 0.375 e. The number of hydrogen-bond donors (Lipinski definition) is 1. The van der Waals surface area contributed by atoms with Crippen molar-refractivity contribution < 1.29 is 13.5 Å². The number of nitrogens with one attached hydrogen (secondary N) is 1. The predicted molar refractivity (Wildman–Crippen MR) is 78.9 cm³/mol. The van der Waals surface area contributed by atoms with Gasteiger partial charge in [-0.05, 0) is 43.1 Å². The van der Waals surface area contributed by atoms with Crippen LogP contribution in [0.1, 0.15) is 31.4 Å². The Bertz CT molecular complexity index is 405. The van der Waals surface area contributed by atoms with E-state index in [9.17, 15) is 8.78 Å². The van der Waals surface area contributed by atoms with Gasteiger partial charge >= 0.3 is 0 Å². The summed E-state index contributed by atoms with van der Waals surface area (Å²) in [5, 5.41) is 4.54. The van der Waals surface area contributed by atoms with Crippen LogP contribution in [0.4, 0.5) is 8.78 Å². The number of hydrogen-bond acceptors (Lipinski definition) is 2. The van der Waals surface area contributed by atoms with Crippen molar-refractivity contribution in [2.24, 2.45) is 0 Å². The topological polar surface area (TPSA) is 21.3 Å². The molecule has 0 bridgehead atoms. The zero-order valence-electron chi connectivity index (χ0n) is 11.3. The summed E-state index contributed by atoms with van der Waals surface area (Å²) in [6, 6.07) is 5.20. The van der Waals surface area contributed by atoms with Crippen LogP contribution >= 0.6 is 23.2 Å². The van der Waals surface area contributed by atoms with Crippen molar-refractivity contribution in [2.45, 2.75) is 32.2 Å². The molecule has 0 radical (unpaired) electrons. The van der Waals surface area contributed by atoms with Crippen LogP contribution in [0.5, 0.6) is 0 Å². The Morgan fingerprint density at radius 2 is 2.05 bits per heavy atom. The second-order valence-electron chi connectivity index (χ2n) is 4.43. The lowest BCUT2D eigenvalue weighted by Crippen LogP contribution is -2.24. The molecule has 0 amide bonds. The van der Waals surface area contributed by atoms with E-state index in [1.807, 2.05) is 0 Å². The molecule has 0 saturated carbocycles. The van der Waals surface area contributed by atoms with Crippen molar-refractivity contribution in [1.29, 1.82) is 0 Å². The standard InChI is InChI=1S/C14H19Cl2F2NO/c1-2-6-19-13(5-7-20-9-14(17)18)11-8-10(15)3-4-12(11)16/h3-4,8,13-14,19H,2,5-7,9H2,1H3. The molecule has 0 spiro atoms. The van der Waals surface area contributed by atoms with Crippen molar-refractivity contribution in [3.05, 3.63) is 33.8 Å². The molecule has 1 N–H and O–H groups in total. The van der Waals surface area contributed by atoms with Gasteiger partial charge in [-0.15, -0.1) is 0 Å². The lowest BCUT2D eigenvalue weighted by molar-refractivity contribution is 0.0144. The van der Waals surface area contributed by atoms with Crippen LogP contribution in [0.25, 0.3) is 0 Å². The normalized spacial score (nSPS) is 12.9. The first-order valence-corrected chi connectivity index (χ1v) is 7.34. The average Bonchev–Trinajstić information content (AvgIpc) is 2.41. The van der Waals surface area contributed by atoms with Crippen molar-refractivity contribution in [1.82, 2.24) is 5.32 Å². The highest BCUT2D eigenvalue weighted by Gasteiger charge is 2.15. The highest BCUT2D eigenvalue weighted by atomic mass is 35.5. The van der Waals surface area contributed by atoms with Crippen LogP contribution in [0.15, 0.2) is 18.2 Å². The summed E-state index contributed by atoms with van der Waals surface area (Å²) >= 11 is 12.2. The van der Waals surface area contributed by atoms with Crippen LogP contribution in [-0.2, 0) is 4.74 Å². The summed E-state index contributed by atoms with van der Waals surface area (Å²) in [6.07, 6.45) is -0.911.